The van der Waals surface area contributed by atoms with Crippen LogP contribution in [0.3, 0.4) is 0 Å². The Balaban J connectivity index is 1.69. The largest absolute Gasteiger partial charge is 0.512 e. The second-order valence-corrected chi connectivity index (χ2v) is 13.9. The lowest BCUT2D eigenvalue weighted by Gasteiger charge is -2.41. The summed E-state index contributed by atoms with van der Waals surface area (Å²) in [6, 6.07) is 19.7. The topological polar surface area (TPSA) is 129 Å². The normalized spacial score (nSPS) is 18.2. The Morgan fingerprint density at radius 2 is 1.78 bits per heavy atom. The van der Waals surface area contributed by atoms with Crippen molar-refractivity contribution in [1.29, 1.82) is 5.26 Å². The highest BCUT2D eigenvalue weighted by Crippen LogP contribution is 2.48. The van der Waals surface area contributed by atoms with E-state index in [0.29, 0.717) is 12.0 Å². The van der Waals surface area contributed by atoms with E-state index in [1.165, 1.54) is 24.4 Å². The zero-order valence-corrected chi connectivity index (χ0v) is 25.9. The monoisotopic (exact) mass is 641 g/mol. The minimum Gasteiger partial charge on any atom is -0.512 e. The molecule has 45 heavy (non-hydrogen) atoms. The highest BCUT2D eigenvalue weighted by atomic mass is 32.2. The van der Waals surface area contributed by atoms with Crippen LogP contribution in [0.5, 0.6) is 0 Å². The molecule has 3 aromatic rings. The number of alkyl halides is 3. The zero-order valence-electron chi connectivity index (χ0n) is 25.1. The highest BCUT2D eigenvalue weighted by molar-refractivity contribution is 7.92. The molecule has 1 aliphatic rings. The van der Waals surface area contributed by atoms with Crippen molar-refractivity contribution in [1.82, 2.24) is 4.98 Å². The Kier molecular flexibility index (Phi) is 9.63. The van der Waals surface area contributed by atoms with Gasteiger partial charge in [-0.15, -0.1) is 0 Å². The molecule has 238 valence electrons. The smallest absolute Gasteiger partial charge is 0.389 e. The van der Waals surface area contributed by atoms with Gasteiger partial charge >= 0.3 is 12.1 Å². The van der Waals surface area contributed by atoms with Gasteiger partial charge in [0.05, 0.1) is 17.2 Å². The maximum atomic E-state index is 13.7. The van der Waals surface area contributed by atoms with Gasteiger partial charge in [0.15, 0.2) is 5.03 Å². The van der Waals surface area contributed by atoms with Crippen molar-refractivity contribution in [3.8, 4) is 6.07 Å². The number of benzene rings is 2. The first kappa shape index (κ1) is 33.5. The molecule has 2 heterocycles. The van der Waals surface area contributed by atoms with Crippen molar-refractivity contribution < 1.29 is 36.2 Å². The van der Waals surface area contributed by atoms with Crippen LogP contribution >= 0.6 is 0 Å². The molecule has 0 saturated carbocycles. The number of aromatic nitrogens is 1. The molecule has 0 spiro atoms. The summed E-state index contributed by atoms with van der Waals surface area (Å²) in [5, 5.41) is 20.2. The van der Waals surface area contributed by atoms with E-state index in [0.717, 1.165) is 11.6 Å². The van der Waals surface area contributed by atoms with Crippen LogP contribution in [0.25, 0.3) is 0 Å². The van der Waals surface area contributed by atoms with Gasteiger partial charge in [-0.25, -0.2) is 9.78 Å². The van der Waals surface area contributed by atoms with Crippen molar-refractivity contribution in [2.45, 2.75) is 75.6 Å². The highest BCUT2D eigenvalue weighted by Gasteiger charge is 2.47. The van der Waals surface area contributed by atoms with Crippen LogP contribution in [0.1, 0.15) is 69.1 Å². The molecule has 4 rings (SSSR count). The predicted molar refractivity (Wildman–Crippen MR) is 162 cm³/mol. The molecule has 1 aromatic heterocycles. The Labute approximate surface area is 260 Å². The number of aliphatic hydroxyl groups excluding tert-OH is 1. The predicted octanol–water partition coefficient (Wildman–Crippen LogP) is 7.36. The number of carbonyl (C=O) groups is 1. The molecule has 0 bridgehead atoms. The summed E-state index contributed by atoms with van der Waals surface area (Å²) in [6.07, 6.45) is -4.85. The number of ether oxygens (including phenoxy) is 1. The standard InChI is InChI=1S/C33H34F3N3O5S/c1-31(2,3)29(24-10-7-11-25(19-24)39-45(42,43)27-18-23(21-37)13-17-38-27)28-26(40)20-32(44-30(28)41,15-16-33(34,35)36)14-12-22-8-5-4-6-9-22/h4-11,13,17-19,29,39-40H,12,14-16,20H2,1-3H3. The van der Waals surface area contributed by atoms with Gasteiger partial charge in [-0.3, -0.25) is 4.72 Å². The summed E-state index contributed by atoms with van der Waals surface area (Å²) in [5.74, 6) is -2.09. The van der Waals surface area contributed by atoms with Crippen molar-refractivity contribution in [2.24, 2.45) is 5.41 Å². The number of esters is 1. The third-order valence-electron chi connectivity index (χ3n) is 7.67. The van der Waals surface area contributed by atoms with Crippen LogP contribution in [0.4, 0.5) is 18.9 Å². The number of nitriles is 1. The summed E-state index contributed by atoms with van der Waals surface area (Å²) >= 11 is 0. The third-order valence-corrected chi connectivity index (χ3v) is 8.95. The molecule has 0 fully saturated rings. The fourth-order valence-corrected chi connectivity index (χ4v) is 6.62. The average molecular weight is 642 g/mol. The number of aryl methyl sites for hydroxylation is 1. The first-order valence-electron chi connectivity index (χ1n) is 14.3. The first-order chi connectivity index (χ1) is 21.0. The average Bonchev–Trinajstić information content (AvgIpc) is 2.96. The molecule has 2 aromatic carbocycles. The minimum atomic E-state index is -4.49. The molecular formula is C33H34F3N3O5S. The molecule has 8 nitrogen and oxygen atoms in total. The Morgan fingerprint density at radius 1 is 1.07 bits per heavy atom. The van der Waals surface area contributed by atoms with E-state index >= 15 is 0 Å². The number of anilines is 1. The molecule has 2 N–H and O–H groups in total. The molecule has 0 saturated heterocycles. The van der Waals surface area contributed by atoms with Gasteiger partial charge in [-0.05, 0) is 60.1 Å². The van der Waals surface area contributed by atoms with Crippen LogP contribution in [0.15, 0.2) is 89.3 Å². The van der Waals surface area contributed by atoms with E-state index in [2.05, 4.69) is 9.71 Å². The van der Waals surface area contributed by atoms with E-state index in [1.807, 2.05) is 57.2 Å². The number of sulfonamides is 1. The van der Waals surface area contributed by atoms with E-state index in [1.54, 1.807) is 12.1 Å². The van der Waals surface area contributed by atoms with Crippen LogP contribution in [0, 0.1) is 16.7 Å². The molecule has 0 amide bonds. The number of nitrogens with one attached hydrogen (secondary N) is 1. The second-order valence-electron chi connectivity index (χ2n) is 12.2. The number of pyridine rings is 1. The summed E-state index contributed by atoms with van der Waals surface area (Å²) < 4.78 is 74.4. The third kappa shape index (κ3) is 8.42. The maximum Gasteiger partial charge on any atom is 0.389 e. The summed E-state index contributed by atoms with van der Waals surface area (Å²) in [7, 11) is -4.19. The van der Waals surface area contributed by atoms with Crippen molar-refractivity contribution in [2.75, 3.05) is 4.72 Å². The number of cyclic esters (lactones) is 1. The minimum absolute atomic E-state index is 0.0780. The SMILES string of the molecule is CC(C)(C)C(C1=C(O)CC(CCc2ccccc2)(CCC(F)(F)F)OC1=O)c1cccc(NS(=O)(=O)c2cc(C#N)ccn2)c1. The molecule has 2 unspecified atom stereocenters. The van der Waals surface area contributed by atoms with E-state index in [4.69, 9.17) is 10.00 Å². The molecule has 0 radical (unpaired) electrons. The summed E-state index contributed by atoms with van der Waals surface area (Å²) in [5.41, 5.74) is -0.812. The number of rotatable bonds is 10. The quantitative estimate of drug-likeness (QED) is 0.221. The van der Waals surface area contributed by atoms with Crippen LogP contribution in [-0.4, -0.2) is 36.3 Å². The lowest BCUT2D eigenvalue weighted by molar-refractivity contribution is -0.174. The number of carbonyl (C=O) groups excluding carboxylic acids is 1. The van der Waals surface area contributed by atoms with Gasteiger partial charge in [0, 0.05) is 30.6 Å². The lowest BCUT2D eigenvalue weighted by Crippen LogP contribution is -2.43. The number of aliphatic hydroxyl groups is 1. The molecule has 2 atom stereocenters. The summed E-state index contributed by atoms with van der Waals surface area (Å²) in [6.45, 7) is 5.46. The maximum absolute atomic E-state index is 13.7. The van der Waals surface area contributed by atoms with Gasteiger partial charge in [0.1, 0.15) is 11.4 Å². The van der Waals surface area contributed by atoms with Crippen LogP contribution < -0.4 is 4.72 Å². The van der Waals surface area contributed by atoms with Gasteiger partial charge in [0.2, 0.25) is 0 Å². The molecule has 0 aliphatic carbocycles. The molecule has 12 heteroatoms. The van der Waals surface area contributed by atoms with Crippen molar-refractivity contribution >= 4 is 21.7 Å². The van der Waals surface area contributed by atoms with Gasteiger partial charge in [0.25, 0.3) is 10.0 Å². The number of hydrogen-bond donors (Lipinski definition) is 2. The first-order valence-corrected chi connectivity index (χ1v) is 15.8. The fourth-order valence-electron chi connectivity index (χ4n) is 5.60. The second kappa shape index (κ2) is 12.9. The van der Waals surface area contributed by atoms with Crippen LogP contribution in [-0.2, 0) is 26.0 Å². The molecular weight excluding hydrogens is 607 g/mol. The summed E-state index contributed by atoms with van der Waals surface area (Å²) in [4.78, 5) is 17.6. The Bertz CT molecular complexity index is 1730. The molecule has 1 aliphatic heterocycles. The Morgan fingerprint density at radius 3 is 2.40 bits per heavy atom. The fraction of sp³-hybridized carbons (Fsp3) is 0.364. The van der Waals surface area contributed by atoms with Gasteiger partial charge in [-0.1, -0.05) is 63.2 Å². The number of halogens is 3. The zero-order chi connectivity index (χ0) is 33.0. The van der Waals surface area contributed by atoms with Crippen molar-refractivity contribution in [3.05, 3.63) is 101 Å². The lowest BCUT2D eigenvalue weighted by atomic mass is 9.70. The van der Waals surface area contributed by atoms with Crippen LogP contribution in [0.2, 0.25) is 0 Å². The Hall–Kier alpha value is -4.37. The van der Waals surface area contributed by atoms with Gasteiger partial charge < -0.3 is 9.84 Å². The number of hydrogen-bond acceptors (Lipinski definition) is 7. The van der Waals surface area contributed by atoms with E-state index < -0.39 is 51.9 Å². The van der Waals surface area contributed by atoms with Gasteiger partial charge in [-0.2, -0.15) is 26.9 Å². The number of nitrogens with zero attached hydrogens (tertiary/aromatic N) is 2. The van der Waals surface area contributed by atoms with E-state index in [9.17, 15) is 31.5 Å². The van der Waals surface area contributed by atoms with Crippen molar-refractivity contribution in [3.63, 3.8) is 0 Å². The van der Waals surface area contributed by atoms with E-state index in [-0.39, 0.29) is 40.5 Å².